The lowest BCUT2D eigenvalue weighted by atomic mass is 10.0. The van der Waals surface area contributed by atoms with Crippen molar-refractivity contribution in [2.75, 3.05) is 32.8 Å². The zero-order chi connectivity index (χ0) is 19.4. The van der Waals surface area contributed by atoms with Crippen molar-refractivity contribution in [3.63, 3.8) is 0 Å². The number of aromatic nitrogens is 1. The quantitative estimate of drug-likeness (QED) is 0.815. The molecule has 1 aliphatic heterocycles. The number of nitrogens with zero attached hydrogens (tertiary/aromatic N) is 2. The van der Waals surface area contributed by atoms with Gasteiger partial charge in [0.15, 0.2) is 5.76 Å². The summed E-state index contributed by atoms with van der Waals surface area (Å²) in [5.41, 5.74) is 2.28. The van der Waals surface area contributed by atoms with Gasteiger partial charge >= 0.3 is 0 Å². The van der Waals surface area contributed by atoms with E-state index in [1.807, 2.05) is 38.1 Å². The molecule has 0 radical (unpaired) electrons. The summed E-state index contributed by atoms with van der Waals surface area (Å²) in [5, 5.41) is 7.74. The Balaban J connectivity index is 1.77. The summed E-state index contributed by atoms with van der Waals surface area (Å²) in [5.74, 6) is 0.572. The maximum absolute atomic E-state index is 12.8. The lowest BCUT2D eigenvalue weighted by molar-refractivity contribution is 0.0162. The fraction of sp³-hybridized carbons (Fsp3) is 0.500. The minimum Gasteiger partial charge on any atom is -0.379 e. The molecular formula is C20H26ClN3O3. The Bertz CT molecular complexity index is 767. The Hall–Kier alpha value is -1.89. The first-order chi connectivity index (χ1) is 13.0. The highest BCUT2D eigenvalue weighted by Gasteiger charge is 2.26. The minimum absolute atomic E-state index is 0.0535. The van der Waals surface area contributed by atoms with Gasteiger partial charge in [0.25, 0.3) is 5.91 Å². The number of benzene rings is 1. The fourth-order valence-corrected chi connectivity index (χ4v) is 3.49. The summed E-state index contributed by atoms with van der Waals surface area (Å²) < 4.78 is 10.8. The van der Waals surface area contributed by atoms with Crippen LogP contribution in [0.25, 0.3) is 0 Å². The number of hydrogen-bond acceptors (Lipinski definition) is 5. The van der Waals surface area contributed by atoms with Crippen LogP contribution < -0.4 is 5.32 Å². The third kappa shape index (κ3) is 4.69. The molecule has 1 aliphatic rings. The molecule has 3 rings (SSSR count). The minimum atomic E-state index is -0.148. The summed E-state index contributed by atoms with van der Waals surface area (Å²) in [6, 6.07) is 7.84. The second-order valence-corrected chi connectivity index (χ2v) is 7.52. The van der Waals surface area contributed by atoms with E-state index in [4.69, 9.17) is 20.9 Å². The number of hydrogen-bond donors (Lipinski definition) is 1. The van der Waals surface area contributed by atoms with Gasteiger partial charge in [0, 0.05) is 30.6 Å². The van der Waals surface area contributed by atoms with Crippen molar-refractivity contribution in [2.24, 2.45) is 0 Å². The number of morpholine rings is 1. The van der Waals surface area contributed by atoms with E-state index in [0.717, 1.165) is 18.7 Å². The third-order valence-electron chi connectivity index (χ3n) is 4.84. The van der Waals surface area contributed by atoms with Crippen molar-refractivity contribution < 1.29 is 14.1 Å². The molecule has 146 valence electrons. The van der Waals surface area contributed by atoms with Crippen LogP contribution in [0.3, 0.4) is 0 Å². The summed E-state index contributed by atoms with van der Waals surface area (Å²) in [6.07, 6.45) is 0. The first-order valence-electron chi connectivity index (χ1n) is 9.29. The molecule has 1 aromatic heterocycles. The number of halogens is 1. The molecule has 0 bridgehead atoms. The Kier molecular flexibility index (Phi) is 6.52. The highest BCUT2D eigenvalue weighted by Crippen LogP contribution is 2.25. The van der Waals surface area contributed by atoms with Crippen molar-refractivity contribution in [2.45, 2.75) is 32.7 Å². The smallest absolute Gasteiger partial charge is 0.256 e. The van der Waals surface area contributed by atoms with Gasteiger partial charge < -0.3 is 14.6 Å². The number of aryl methyl sites for hydroxylation is 1. The van der Waals surface area contributed by atoms with Crippen LogP contribution in [0.1, 0.15) is 53.2 Å². The molecule has 0 spiro atoms. The van der Waals surface area contributed by atoms with Crippen molar-refractivity contribution in [1.29, 1.82) is 0 Å². The predicted molar refractivity (Wildman–Crippen MR) is 104 cm³/mol. The van der Waals surface area contributed by atoms with E-state index in [0.29, 0.717) is 41.8 Å². The van der Waals surface area contributed by atoms with E-state index in [9.17, 15) is 4.79 Å². The average molecular weight is 392 g/mol. The van der Waals surface area contributed by atoms with Crippen LogP contribution in [-0.4, -0.2) is 48.8 Å². The molecule has 0 saturated carbocycles. The van der Waals surface area contributed by atoms with Crippen LogP contribution in [-0.2, 0) is 4.74 Å². The van der Waals surface area contributed by atoms with E-state index in [1.165, 1.54) is 0 Å². The predicted octanol–water partition coefficient (Wildman–Crippen LogP) is 3.56. The van der Waals surface area contributed by atoms with Crippen molar-refractivity contribution >= 4 is 17.5 Å². The highest BCUT2D eigenvalue weighted by molar-refractivity contribution is 6.30. The van der Waals surface area contributed by atoms with Gasteiger partial charge in [-0.2, -0.15) is 0 Å². The van der Waals surface area contributed by atoms with Gasteiger partial charge in [-0.05, 0) is 24.6 Å². The normalized spacial score (nSPS) is 16.5. The van der Waals surface area contributed by atoms with E-state index in [2.05, 4.69) is 15.4 Å². The van der Waals surface area contributed by atoms with Gasteiger partial charge in [0.2, 0.25) is 0 Å². The zero-order valence-corrected chi connectivity index (χ0v) is 16.8. The molecule has 0 aliphatic carbocycles. The number of ether oxygens (including phenoxy) is 1. The monoisotopic (exact) mass is 391 g/mol. The Labute approximate surface area is 164 Å². The van der Waals surface area contributed by atoms with Gasteiger partial charge in [-0.3, -0.25) is 9.69 Å². The van der Waals surface area contributed by atoms with Crippen molar-refractivity contribution in [3.05, 3.63) is 51.9 Å². The van der Waals surface area contributed by atoms with Gasteiger partial charge in [0.05, 0.1) is 24.9 Å². The molecular weight excluding hydrogens is 366 g/mol. The summed E-state index contributed by atoms with van der Waals surface area (Å²) in [4.78, 5) is 15.2. The highest BCUT2D eigenvalue weighted by atomic mass is 35.5. The average Bonchev–Trinajstić information content (AvgIpc) is 3.06. The van der Waals surface area contributed by atoms with E-state index >= 15 is 0 Å². The maximum atomic E-state index is 12.8. The number of rotatable bonds is 6. The standard InChI is InChI=1S/C20H26ClN3O3/c1-13(2)19-18(14(3)23-27-19)20(25)22-12-17(24-8-10-26-11-9-24)15-4-6-16(21)7-5-15/h4-7,13,17H,8-12H2,1-3H3,(H,22,25). The summed E-state index contributed by atoms with van der Waals surface area (Å²) >= 11 is 6.04. The molecule has 1 N–H and O–H groups in total. The molecule has 7 heteroatoms. The Morgan fingerprint density at radius 1 is 1.26 bits per heavy atom. The molecule has 6 nitrogen and oxygen atoms in total. The first kappa shape index (κ1) is 19.9. The molecule has 2 aromatic rings. The Morgan fingerprint density at radius 3 is 2.56 bits per heavy atom. The number of nitrogens with one attached hydrogen (secondary N) is 1. The maximum Gasteiger partial charge on any atom is 0.256 e. The molecule has 1 saturated heterocycles. The SMILES string of the molecule is Cc1noc(C(C)C)c1C(=O)NCC(c1ccc(Cl)cc1)N1CCOCC1. The van der Waals surface area contributed by atoms with Crippen LogP contribution in [0, 0.1) is 6.92 Å². The van der Waals surface area contributed by atoms with Gasteiger partial charge in [-0.25, -0.2) is 0 Å². The van der Waals surface area contributed by atoms with E-state index in [-0.39, 0.29) is 17.9 Å². The molecule has 1 atom stereocenters. The lowest BCUT2D eigenvalue weighted by Crippen LogP contribution is -2.44. The van der Waals surface area contributed by atoms with Crippen molar-refractivity contribution in [1.82, 2.24) is 15.4 Å². The van der Waals surface area contributed by atoms with Gasteiger partial charge in [-0.1, -0.05) is 42.7 Å². The van der Waals surface area contributed by atoms with Crippen LogP contribution in [0.15, 0.2) is 28.8 Å². The molecule has 1 unspecified atom stereocenters. The van der Waals surface area contributed by atoms with Gasteiger partial charge in [0.1, 0.15) is 5.56 Å². The van der Waals surface area contributed by atoms with Crippen LogP contribution >= 0.6 is 11.6 Å². The molecule has 2 heterocycles. The van der Waals surface area contributed by atoms with Crippen molar-refractivity contribution in [3.8, 4) is 0 Å². The molecule has 1 aromatic carbocycles. The molecule has 1 fully saturated rings. The summed E-state index contributed by atoms with van der Waals surface area (Å²) in [7, 11) is 0. The largest absolute Gasteiger partial charge is 0.379 e. The van der Waals surface area contributed by atoms with Crippen LogP contribution in [0.2, 0.25) is 5.02 Å². The number of carbonyl (C=O) groups excluding carboxylic acids is 1. The molecule has 1 amide bonds. The topological polar surface area (TPSA) is 67.6 Å². The van der Waals surface area contributed by atoms with Crippen LogP contribution in [0.5, 0.6) is 0 Å². The lowest BCUT2D eigenvalue weighted by Gasteiger charge is -2.35. The van der Waals surface area contributed by atoms with E-state index < -0.39 is 0 Å². The second-order valence-electron chi connectivity index (χ2n) is 7.09. The van der Waals surface area contributed by atoms with Gasteiger partial charge in [-0.15, -0.1) is 0 Å². The zero-order valence-electron chi connectivity index (χ0n) is 16.0. The summed E-state index contributed by atoms with van der Waals surface area (Å²) in [6.45, 7) is 9.30. The number of amides is 1. The van der Waals surface area contributed by atoms with E-state index in [1.54, 1.807) is 6.92 Å². The Morgan fingerprint density at radius 2 is 1.93 bits per heavy atom. The number of carbonyl (C=O) groups is 1. The second kappa shape index (κ2) is 8.87. The van der Waals surface area contributed by atoms with Crippen LogP contribution in [0.4, 0.5) is 0 Å². The molecule has 27 heavy (non-hydrogen) atoms. The first-order valence-corrected chi connectivity index (χ1v) is 9.66. The fourth-order valence-electron chi connectivity index (χ4n) is 3.37. The third-order valence-corrected chi connectivity index (χ3v) is 5.09.